The molecule has 1 heterocycles. The Kier molecular flexibility index (Phi) is 12.0. The lowest BCUT2D eigenvalue weighted by Crippen LogP contribution is -2.33. The Balaban J connectivity index is 2.02. The monoisotopic (exact) mass is 678 g/mol. The van der Waals surface area contributed by atoms with Gasteiger partial charge in [0, 0.05) is 21.6 Å². The van der Waals surface area contributed by atoms with Gasteiger partial charge in [0.25, 0.3) is 10.0 Å². The summed E-state index contributed by atoms with van der Waals surface area (Å²) in [6.45, 7) is 4.39. The Morgan fingerprint density at radius 3 is 1.98 bits per heavy atom. The number of hydrogen-bond acceptors (Lipinski definition) is 12. The molecule has 0 spiro atoms. The van der Waals surface area contributed by atoms with Gasteiger partial charge in [-0.15, -0.1) is 0 Å². The van der Waals surface area contributed by atoms with Gasteiger partial charge in [-0.2, -0.15) is 0 Å². The van der Waals surface area contributed by atoms with E-state index in [1.165, 1.54) is 18.2 Å². The summed E-state index contributed by atoms with van der Waals surface area (Å²) in [6, 6.07) is 11.5. The van der Waals surface area contributed by atoms with Crippen LogP contribution in [0.3, 0.4) is 0 Å². The summed E-state index contributed by atoms with van der Waals surface area (Å²) in [5, 5.41) is 0.609. The number of fused-ring (bicyclic) bond motifs is 1. The molecule has 0 saturated carbocycles. The highest BCUT2D eigenvalue weighted by atomic mass is 35.5. The second-order valence-electron chi connectivity index (χ2n) is 9.21. The Morgan fingerprint density at radius 1 is 0.884 bits per heavy atom. The molecule has 0 saturated heterocycles. The van der Waals surface area contributed by atoms with Gasteiger partial charge in [0.15, 0.2) is 0 Å². The zero-order chi connectivity index (χ0) is 31.8. The van der Waals surface area contributed by atoms with E-state index in [0.29, 0.717) is 10.9 Å². The summed E-state index contributed by atoms with van der Waals surface area (Å²) in [7, 11) is -9.19. The first-order chi connectivity index (χ1) is 20.2. The number of anilines is 1. The van der Waals surface area contributed by atoms with Crippen molar-refractivity contribution >= 4 is 69.7 Å². The van der Waals surface area contributed by atoms with E-state index in [0.717, 1.165) is 16.4 Å². The van der Waals surface area contributed by atoms with Crippen LogP contribution in [0.15, 0.2) is 59.6 Å². The Bertz CT molecular complexity index is 1550. The molecule has 0 aliphatic carbocycles. The Morgan fingerprint density at radius 2 is 1.44 bits per heavy atom. The van der Waals surface area contributed by atoms with Crippen molar-refractivity contribution in [3.8, 4) is 0 Å². The number of rotatable bonds is 13. The molecular formula is C26H29Cl2N2O11PS. The van der Waals surface area contributed by atoms with Gasteiger partial charge < -0.3 is 18.9 Å². The van der Waals surface area contributed by atoms with E-state index < -0.39 is 62.0 Å². The minimum Gasteiger partial charge on any atom is -0.432 e. The molecule has 1 aromatic heterocycles. The number of carbonyl (C=O) groups excluding carboxylic acids is 2. The van der Waals surface area contributed by atoms with Crippen LogP contribution in [-0.2, 0) is 42.6 Å². The highest BCUT2D eigenvalue weighted by Crippen LogP contribution is 2.50. The quantitative estimate of drug-likeness (QED) is 0.104. The number of nitrogens with zero attached hydrogens (tertiary/aromatic N) is 2. The van der Waals surface area contributed by atoms with Gasteiger partial charge in [-0.1, -0.05) is 29.3 Å². The molecule has 0 N–H and O–H groups in total. The number of aromatic nitrogens is 1. The molecule has 0 amide bonds. The molecule has 3 rings (SSSR count). The standard InChI is InChI=1S/C26H29Cl2N2O11PS/c1-17(2)40-25(31)36-15-38-42(33,39-16-37-26(32)41-18(3)4)14-30(22-7-8-24-19(10-22)6-5-9-29-24)43(34,35)23-12-20(27)11-21(28)13-23/h5-13,17-18H,14-16H2,1-4H3. The van der Waals surface area contributed by atoms with E-state index in [9.17, 15) is 22.6 Å². The topological polar surface area (TPSA) is 157 Å². The molecule has 3 aromatic rings. The SMILES string of the molecule is CC(C)OC(=O)OCOP(=O)(CN(c1ccc2ncccc2c1)S(=O)(=O)c1cc(Cl)cc(Cl)c1)OCOC(=O)OC(C)C. The van der Waals surface area contributed by atoms with Gasteiger partial charge in [-0.05, 0) is 70.2 Å². The molecule has 234 valence electrons. The molecule has 13 nitrogen and oxygen atoms in total. The van der Waals surface area contributed by atoms with E-state index in [2.05, 4.69) is 4.98 Å². The molecule has 0 bridgehead atoms. The third-order valence-corrected chi connectivity index (χ3v) is 9.12. The fourth-order valence-corrected chi connectivity index (χ4v) is 7.39. The maximum Gasteiger partial charge on any atom is 0.510 e. The maximum atomic E-state index is 14.0. The molecule has 0 aliphatic rings. The summed E-state index contributed by atoms with van der Waals surface area (Å²) >= 11 is 12.2. The van der Waals surface area contributed by atoms with Crippen LogP contribution in [-0.4, -0.2) is 57.8 Å². The number of carbonyl (C=O) groups is 2. The van der Waals surface area contributed by atoms with Crippen LogP contribution in [0.5, 0.6) is 0 Å². The first-order valence-electron chi connectivity index (χ1n) is 12.6. The van der Waals surface area contributed by atoms with E-state index in [1.807, 2.05) is 0 Å². The minimum atomic E-state index is -4.62. The summed E-state index contributed by atoms with van der Waals surface area (Å²) < 4.78 is 72.6. The van der Waals surface area contributed by atoms with Crippen molar-refractivity contribution in [3.63, 3.8) is 0 Å². The third-order valence-electron chi connectivity index (χ3n) is 5.12. The minimum absolute atomic E-state index is 0.0264. The highest BCUT2D eigenvalue weighted by Gasteiger charge is 2.37. The van der Waals surface area contributed by atoms with Crippen molar-refractivity contribution in [2.45, 2.75) is 44.8 Å². The van der Waals surface area contributed by atoms with Gasteiger partial charge in [0.1, 0.15) is 6.29 Å². The molecule has 2 aromatic carbocycles. The zero-order valence-corrected chi connectivity index (χ0v) is 26.7. The smallest absolute Gasteiger partial charge is 0.432 e. The van der Waals surface area contributed by atoms with Gasteiger partial charge in [0.2, 0.25) is 13.6 Å². The van der Waals surface area contributed by atoms with Crippen molar-refractivity contribution in [3.05, 3.63) is 64.8 Å². The lowest BCUT2D eigenvalue weighted by molar-refractivity contribution is -0.0301. The van der Waals surface area contributed by atoms with Crippen molar-refractivity contribution in [2.75, 3.05) is 24.2 Å². The van der Waals surface area contributed by atoms with E-state index >= 15 is 0 Å². The van der Waals surface area contributed by atoms with Gasteiger partial charge in [0.05, 0.1) is 28.3 Å². The number of halogens is 2. The summed E-state index contributed by atoms with van der Waals surface area (Å²) in [6.07, 6.45) is -2.74. The van der Waals surface area contributed by atoms with Crippen LogP contribution < -0.4 is 4.31 Å². The lowest BCUT2D eigenvalue weighted by atomic mass is 10.2. The van der Waals surface area contributed by atoms with Gasteiger partial charge in [-0.3, -0.25) is 22.9 Å². The molecular weight excluding hydrogens is 650 g/mol. The summed E-state index contributed by atoms with van der Waals surface area (Å²) in [5.41, 5.74) is 0.587. The van der Waals surface area contributed by atoms with Crippen molar-refractivity contribution < 1.29 is 50.6 Å². The molecule has 0 aliphatic heterocycles. The molecule has 17 heteroatoms. The number of benzene rings is 2. The maximum absolute atomic E-state index is 14.0. The predicted octanol–water partition coefficient (Wildman–Crippen LogP) is 6.96. The summed E-state index contributed by atoms with van der Waals surface area (Å²) in [5.74, 6) is 0. The first kappa shape index (κ1) is 34.4. The first-order valence-corrected chi connectivity index (χ1v) is 16.5. The second kappa shape index (κ2) is 15.0. The average molecular weight is 679 g/mol. The zero-order valence-electron chi connectivity index (χ0n) is 23.5. The molecule has 0 radical (unpaired) electrons. The fraction of sp³-hybridized carbons (Fsp3) is 0.346. The summed E-state index contributed by atoms with van der Waals surface area (Å²) in [4.78, 5) is 27.6. The van der Waals surface area contributed by atoms with Crippen molar-refractivity contribution in [1.82, 2.24) is 4.98 Å². The molecule has 0 atom stereocenters. The second-order valence-corrected chi connectivity index (χ2v) is 14.0. The molecule has 43 heavy (non-hydrogen) atoms. The number of ether oxygens (including phenoxy) is 4. The molecule has 0 fully saturated rings. The van der Waals surface area contributed by atoms with Crippen LogP contribution in [0, 0.1) is 0 Å². The van der Waals surface area contributed by atoms with E-state index in [-0.39, 0.29) is 20.6 Å². The van der Waals surface area contributed by atoms with Crippen LogP contribution in [0.4, 0.5) is 15.3 Å². The number of hydrogen-bond donors (Lipinski definition) is 0. The van der Waals surface area contributed by atoms with Crippen LogP contribution in [0.25, 0.3) is 10.9 Å². The molecule has 0 unspecified atom stereocenters. The highest BCUT2D eigenvalue weighted by molar-refractivity contribution is 7.93. The van der Waals surface area contributed by atoms with Crippen LogP contribution in [0.1, 0.15) is 27.7 Å². The van der Waals surface area contributed by atoms with E-state index in [1.54, 1.807) is 52.1 Å². The lowest BCUT2D eigenvalue weighted by Gasteiger charge is -2.28. The largest absolute Gasteiger partial charge is 0.510 e. The van der Waals surface area contributed by atoms with Gasteiger partial charge in [-0.25, -0.2) is 18.0 Å². The predicted molar refractivity (Wildman–Crippen MR) is 158 cm³/mol. The van der Waals surface area contributed by atoms with Crippen molar-refractivity contribution in [1.29, 1.82) is 0 Å². The Hall–Kier alpha value is -3.13. The number of sulfonamides is 1. The van der Waals surface area contributed by atoms with Crippen LogP contribution in [0.2, 0.25) is 10.0 Å². The average Bonchev–Trinajstić information content (AvgIpc) is 2.90. The normalized spacial score (nSPS) is 11.9. The Labute approximate surface area is 258 Å². The van der Waals surface area contributed by atoms with E-state index in [4.69, 9.17) is 51.2 Å². The third kappa shape index (κ3) is 10.2. The van der Waals surface area contributed by atoms with Gasteiger partial charge >= 0.3 is 19.9 Å². The van der Waals surface area contributed by atoms with Crippen LogP contribution >= 0.6 is 30.8 Å². The fourth-order valence-electron chi connectivity index (χ4n) is 3.36. The van der Waals surface area contributed by atoms with Crippen molar-refractivity contribution in [2.24, 2.45) is 0 Å². The number of pyridine rings is 1.